The summed E-state index contributed by atoms with van der Waals surface area (Å²) in [4.78, 5) is 24.4. The van der Waals surface area contributed by atoms with Crippen molar-refractivity contribution >= 4 is 29.3 Å². The average Bonchev–Trinajstić information content (AvgIpc) is 3.46. The summed E-state index contributed by atoms with van der Waals surface area (Å²) < 4.78 is 12.2. The molecule has 0 aliphatic carbocycles. The maximum atomic E-state index is 14.3. The van der Waals surface area contributed by atoms with Gasteiger partial charge in [0.1, 0.15) is 5.75 Å². The minimum atomic E-state index is -1.43. The highest BCUT2D eigenvalue weighted by Gasteiger charge is 2.53. The number of nitrogens with zero attached hydrogens (tertiary/aromatic N) is 4. The number of amides is 1. The third-order valence-corrected chi connectivity index (χ3v) is 8.37. The molecule has 0 aromatic heterocycles. The standard InChI is InChI=1S/C35H33N5O4S/c1-2-21-35(34(42)37-24-26-11-6-9-16-31(26)45-28-12-4-3-5-13-28)32(29-14-7-8-15-30(29)39-40-36)44-33(38-35)25-17-19-27(20-18-25)43-23-10-22-41/h2-9,11-20,32,41H,1,10,21-24H2,(H,37,42)/t32-,35-/m1/s1. The van der Waals surface area contributed by atoms with Crippen molar-refractivity contribution in [1.29, 1.82) is 0 Å². The van der Waals surface area contributed by atoms with Crippen LogP contribution in [0.25, 0.3) is 10.4 Å². The number of ether oxygens (including phenoxy) is 2. The molecule has 5 rings (SSSR count). The topological polar surface area (TPSA) is 129 Å². The quantitative estimate of drug-likeness (QED) is 0.0492. The molecule has 0 fully saturated rings. The number of nitrogens with one attached hydrogen (secondary N) is 1. The van der Waals surface area contributed by atoms with Gasteiger partial charge in [0, 0.05) is 57.5 Å². The fourth-order valence-corrected chi connectivity index (χ4v) is 6.02. The first kappa shape index (κ1) is 31.4. The lowest BCUT2D eigenvalue weighted by molar-refractivity contribution is -0.129. The number of aliphatic hydroxyl groups is 1. The van der Waals surface area contributed by atoms with Crippen LogP contribution < -0.4 is 10.1 Å². The zero-order valence-electron chi connectivity index (χ0n) is 24.6. The van der Waals surface area contributed by atoms with Crippen molar-refractivity contribution in [1.82, 2.24) is 5.32 Å². The third kappa shape index (κ3) is 7.38. The Labute approximate surface area is 266 Å². The lowest BCUT2D eigenvalue weighted by Gasteiger charge is -2.30. The number of carbonyl (C=O) groups is 1. The summed E-state index contributed by atoms with van der Waals surface area (Å²) >= 11 is 1.63. The van der Waals surface area contributed by atoms with Gasteiger partial charge in [-0.1, -0.05) is 83.6 Å². The Morgan fingerprint density at radius 1 is 1.07 bits per heavy atom. The van der Waals surface area contributed by atoms with Crippen LogP contribution in [0.2, 0.25) is 0 Å². The Hall–Kier alpha value is -5.02. The predicted octanol–water partition coefficient (Wildman–Crippen LogP) is 7.69. The lowest BCUT2D eigenvalue weighted by Crippen LogP contribution is -2.47. The van der Waals surface area contributed by atoms with Gasteiger partial charge >= 0.3 is 0 Å². The molecular weight excluding hydrogens is 586 g/mol. The summed E-state index contributed by atoms with van der Waals surface area (Å²) in [5, 5.41) is 16.0. The first-order valence-electron chi connectivity index (χ1n) is 14.5. The van der Waals surface area contributed by atoms with E-state index in [2.05, 4.69) is 21.9 Å². The van der Waals surface area contributed by atoms with Gasteiger partial charge in [0.05, 0.1) is 6.61 Å². The molecule has 4 aromatic carbocycles. The second kappa shape index (κ2) is 15.1. The summed E-state index contributed by atoms with van der Waals surface area (Å²) in [6.45, 7) is 4.64. The second-order valence-electron chi connectivity index (χ2n) is 10.2. The molecule has 1 aliphatic rings. The predicted molar refractivity (Wildman–Crippen MR) is 176 cm³/mol. The van der Waals surface area contributed by atoms with E-state index in [4.69, 9.17) is 19.6 Å². The molecule has 228 valence electrons. The van der Waals surface area contributed by atoms with E-state index in [0.717, 1.165) is 15.4 Å². The molecule has 1 heterocycles. The molecule has 0 bridgehead atoms. The van der Waals surface area contributed by atoms with E-state index in [-0.39, 0.29) is 31.4 Å². The highest BCUT2D eigenvalue weighted by molar-refractivity contribution is 7.99. The van der Waals surface area contributed by atoms with E-state index in [9.17, 15) is 10.3 Å². The van der Waals surface area contributed by atoms with Gasteiger partial charge in [0.2, 0.25) is 5.90 Å². The van der Waals surface area contributed by atoms with E-state index in [1.165, 1.54) is 0 Å². The largest absolute Gasteiger partial charge is 0.494 e. The Morgan fingerprint density at radius 3 is 2.56 bits per heavy atom. The van der Waals surface area contributed by atoms with Crippen LogP contribution in [0, 0.1) is 0 Å². The number of aliphatic imine (C=N–C) groups is 1. The monoisotopic (exact) mass is 619 g/mol. The number of benzene rings is 4. The van der Waals surface area contributed by atoms with E-state index in [1.807, 2.05) is 66.7 Å². The number of rotatable bonds is 14. The Bertz CT molecular complexity index is 1710. The van der Waals surface area contributed by atoms with Gasteiger partial charge in [-0.3, -0.25) is 4.79 Å². The maximum Gasteiger partial charge on any atom is 0.252 e. The maximum absolute atomic E-state index is 14.3. The van der Waals surface area contributed by atoms with Gasteiger partial charge in [-0.2, -0.15) is 0 Å². The van der Waals surface area contributed by atoms with Gasteiger partial charge in [-0.05, 0) is 53.6 Å². The summed E-state index contributed by atoms with van der Waals surface area (Å²) in [5.41, 5.74) is 10.3. The van der Waals surface area contributed by atoms with Gasteiger partial charge in [-0.15, -0.1) is 6.58 Å². The van der Waals surface area contributed by atoms with Crippen LogP contribution in [0.4, 0.5) is 5.69 Å². The van der Waals surface area contributed by atoms with Crippen molar-refractivity contribution in [3.8, 4) is 5.75 Å². The highest BCUT2D eigenvalue weighted by atomic mass is 32.2. The molecule has 2 atom stereocenters. The summed E-state index contributed by atoms with van der Waals surface area (Å²) in [6.07, 6.45) is 1.44. The fraction of sp³-hybridized carbons (Fsp3) is 0.200. The Morgan fingerprint density at radius 2 is 1.80 bits per heavy atom. The molecule has 0 saturated carbocycles. The Balaban J connectivity index is 1.48. The zero-order chi connectivity index (χ0) is 31.5. The molecule has 4 aromatic rings. The van der Waals surface area contributed by atoms with Crippen LogP contribution in [0.15, 0.2) is 136 Å². The van der Waals surface area contributed by atoms with Gasteiger partial charge in [0.15, 0.2) is 11.6 Å². The van der Waals surface area contributed by atoms with E-state index in [0.29, 0.717) is 35.6 Å². The highest BCUT2D eigenvalue weighted by Crippen LogP contribution is 2.45. The first-order chi connectivity index (χ1) is 22.1. The molecular formula is C35H33N5O4S. The van der Waals surface area contributed by atoms with Crippen LogP contribution in [-0.4, -0.2) is 35.7 Å². The van der Waals surface area contributed by atoms with Crippen molar-refractivity contribution in [2.75, 3.05) is 13.2 Å². The van der Waals surface area contributed by atoms with Gasteiger partial charge in [-0.25, -0.2) is 4.99 Å². The molecule has 0 unspecified atom stereocenters. The van der Waals surface area contributed by atoms with Crippen molar-refractivity contribution in [3.05, 3.63) is 143 Å². The molecule has 0 spiro atoms. The van der Waals surface area contributed by atoms with Crippen LogP contribution >= 0.6 is 11.8 Å². The number of carbonyl (C=O) groups excluding carboxylic acids is 1. The number of hydrogen-bond donors (Lipinski definition) is 2. The van der Waals surface area contributed by atoms with E-state index in [1.54, 1.807) is 54.2 Å². The molecule has 1 amide bonds. The molecule has 45 heavy (non-hydrogen) atoms. The van der Waals surface area contributed by atoms with Crippen LogP contribution in [0.3, 0.4) is 0 Å². The molecule has 0 saturated heterocycles. The molecule has 9 nitrogen and oxygen atoms in total. The van der Waals surface area contributed by atoms with Crippen molar-refractivity contribution in [2.24, 2.45) is 10.1 Å². The zero-order valence-corrected chi connectivity index (χ0v) is 25.4. The van der Waals surface area contributed by atoms with E-state index < -0.39 is 11.6 Å². The number of hydrogen-bond acceptors (Lipinski definition) is 7. The van der Waals surface area contributed by atoms with Crippen LogP contribution in [-0.2, 0) is 16.1 Å². The average molecular weight is 620 g/mol. The van der Waals surface area contributed by atoms with Gasteiger partial charge in [0.25, 0.3) is 5.91 Å². The summed E-state index contributed by atoms with van der Waals surface area (Å²) in [5.74, 6) is 0.564. The SMILES string of the molecule is C=CC[C@@]1(C(=O)NCc2ccccc2Sc2ccccc2)N=C(c2ccc(OCCCO)cc2)O[C@@H]1c1ccccc1N=[N+]=[N-]. The molecule has 2 N–H and O–H groups in total. The van der Waals surface area contributed by atoms with Crippen LogP contribution in [0.5, 0.6) is 5.75 Å². The molecule has 0 radical (unpaired) electrons. The van der Waals surface area contributed by atoms with Crippen molar-refractivity contribution in [2.45, 2.75) is 40.8 Å². The second-order valence-corrected chi connectivity index (χ2v) is 11.4. The summed E-state index contributed by atoms with van der Waals surface area (Å²) in [7, 11) is 0. The summed E-state index contributed by atoms with van der Waals surface area (Å²) in [6, 6.07) is 32.2. The van der Waals surface area contributed by atoms with Crippen molar-refractivity contribution in [3.63, 3.8) is 0 Å². The normalized spacial score (nSPS) is 17.0. The van der Waals surface area contributed by atoms with Gasteiger partial charge < -0.3 is 19.9 Å². The number of azide groups is 1. The van der Waals surface area contributed by atoms with Crippen molar-refractivity contribution < 1.29 is 19.4 Å². The minimum Gasteiger partial charge on any atom is -0.494 e. The van der Waals surface area contributed by atoms with Crippen LogP contribution in [0.1, 0.15) is 35.6 Å². The minimum absolute atomic E-state index is 0.0480. The Kier molecular flexibility index (Phi) is 10.6. The molecule has 10 heteroatoms. The first-order valence-corrected chi connectivity index (χ1v) is 15.3. The number of aliphatic hydroxyl groups excluding tert-OH is 1. The smallest absolute Gasteiger partial charge is 0.252 e. The third-order valence-electron chi connectivity index (χ3n) is 7.24. The fourth-order valence-electron chi connectivity index (χ4n) is 5.05. The lowest BCUT2D eigenvalue weighted by atomic mass is 9.83. The van der Waals surface area contributed by atoms with E-state index >= 15 is 0 Å². The molecule has 1 aliphatic heterocycles.